The molecule has 1 unspecified atom stereocenters. The van der Waals surface area contributed by atoms with Crippen LogP contribution in [-0.2, 0) is 16.0 Å². The highest BCUT2D eigenvalue weighted by Gasteiger charge is 2.21. The summed E-state index contributed by atoms with van der Waals surface area (Å²) in [6.45, 7) is -0.585. The molecule has 0 aromatic heterocycles. The zero-order chi connectivity index (χ0) is 20.5. The van der Waals surface area contributed by atoms with Gasteiger partial charge in [-0.05, 0) is 24.1 Å². The predicted octanol–water partition coefficient (Wildman–Crippen LogP) is 2.04. The van der Waals surface area contributed by atoms with Gasteiger partial charge in [0.05, 0.1) is 18.0 Å². The van der Waals surface area contributed by atoms with Crippen LogP contribution in [0.25, 0.3) is 0 Å². The van der Waals surface area contributed by atoms with Crippen LogP contribution in [0.4, 0.5) is 5.69 Å². The molecule has 9 nitrogen and oxygen atoms in total. The first-order chi connectivity index (χ1) is 13.4. The summed E-state index contributed by atoms with van der Waals surface area (Å²) in [6.07, 6.45) is 0.171. The number of carboxylic acid groups (broad SMARTS) is 1. The van der Waals surface area contributed by atoms with Gasteiger partial charge in [-0.3, -0.25) is 19.7 Å². The molecular weight excluding hydrogens is 368 g/mol. The lowest BCUT2D eigenvalue weighted by atomic mass is 9.98. The third kappa shape index (κ3) is 5.70. The number of nitro benzene ring substituents is 1. The van der Waals surface area contributed by atoms with E-state index in [4.69, 9.17) is 9.47 Å². The molecule has 2 rings (SSSR count). The number of nitro groups is 1. The molecule has 9 heteroatoms. The number of hydrogen-bond donors (Lipinski definition) is 2. The van der Waals surface area contributed by atoms with Crippen molar-refractivity contribution in [1.29, 1.82) is 0 Å². The van der Waals surface area contributed by atoms with Crippen molar-refractivity contribution in [1.82, 2.24) is 5.32 Å². The van der Waals surface area contributed by atoms with Crippen molar-refractivity contribution in [2.45, 2.75) is 6.42 Å². The highest BCUT2D eigenvalue weighted by atomic mass is 16.6. The first-order valence-corrected chi connectivity index (χ1v) is 8.40. The van der Waals surface area contributed by atoms with E-state index in [1.165, 1.54) is 25.3 Å². The van der Waals surface area contributed by atoms with Crippen LogP contribution in [0.1, 0.15) is 5.56 Å². The summed E-state index contributed by atoms with van der Waals surface area (Å²) in [6, 6.07) is 12.7. The van der Waals surface area contributed by atoms with E-state index in [9.17, 15) is 24.8 Å². The summed E-state index contributed by atoms with van der Waals surface area (Å²) in [5.41, 5.74) is 0.456. The van der Waals surface area contributed by atoms with E-state index in [1.54, 1.807) is 30.3 Å². The summed E-state index contributed by atoms with van der Waals surface area (Å²) in [4.78, 5) is 33.8. The van der Waals surface area contributed by atoms with Crippen LogP contribution >= 0.6 is 0 Å². The topological polar surface area (TPSA) is 128 Å². The van der Waals surface area contributed by atoms with Gasteiger partial charge in [-0.25, -0.2) is 0 Å². The number of ether oxygens (including phenoxy) is 2. The number of methoxy groups -OCH3 is 1. The van der Waals surface area contributed by atoms with E-state index >= 15 is 0 Å². The number of para-hydroxylation sites is 3. The minimum Gasteiger partial charge on any atom is -0.496 e. The first-order valence-electron chi connectivity index (χ1n) is 8.40. The monoisotopic (exact) mass is 388 g/mol. The molecule has 1 amide bonds. The molecule has 0 aliphatic carbocycles. The number of hydrogen-bond acceptors (Lipinski definition) is 6. The molecule has 0 spiro atoms. The Labute approximate surface area is 161 Å². The fourth-order valence-corrected chi connectivity index (χ4v) is 2.55. The fourth-order valence-electron chi connectivity index (χ4n) is 2.55. The molecule has 0 heterocycles. The second-order valence-electron chi connectivity index (χ2n) is 5.87. The molecule has 0 fully saturated rings. The average Bonchev–Trinajstić information content (AvgIpc) is 2.69. The van der Waals surface area contributed by atoms with Gasteiger partial charge in [0.15, 0.2) is 12.4 Å². The van der Waals surface area contributed by atoms with Gasteiger partial charge in [0.2, 0.25) is 0 Å². The van der Waals surface area contributed by atoms with Gasteiger partial charge in [0, 0.05) is 12.6 Å². The van der Waals surface area contributed by atoms with Gasteiger partial charge in [-0.15, -0.1) is 0 Å². The number of carbonyl (C=O) groups excluding carboxylic acids is 1. The molecule has 2 aromatic rings. The maximum Gasteiger partial charge on any atom is 0.310 e. The van der Waals surface area contributed by atoms with E-state index in [1.807, 2.05) is 0 Å². The Balaban J connectivity index is 1.92. The Hall–Kier alpha value is -3.62. The second-order valence-corrected chi connectivity index (χ2v) is 5.87. The molecule has 2 aromatic carbocycles. The minimum absolute atomic E-state index is 0.0357. The second kappa shape index (κ2) is 9.91. The number of carboxylic acids is 1. The van der Waals surface area contributed by atoms with Crippen molar-refractivity contribution in [3.8, 4) is 11.5 Å². The molecule has 0 aliphatic rings. The molecular formula is C19H20N2O7. The lowest BCUT2D eigenvalue weighted by molar-refractivity contribution is -0.385. The average molecular weight is 388 g/mol. The van der Waals surface area contributed by atoms with Crippen molar-refractivity contribution in [2.24, 2.45) is 5.92 Å². The van der Waals surface area contributed by atoms with Crippen LogP contribution in [0.5, 0.6) is 11.5 Å². The Kier molecular flexibility index (Phi) is 7.32. The number of aliphatic carboxylic acids is 1. The Morgan fingerprint density at radius 2 is 1.79 bits per heavy atom. The van der Waals surface area contributed by atoms with Crippen LogP contribution in [0.3, 0.4) is 0 Å². The number of nitrogens with zero attached hydrogens (tertiary/aromatic N) is 1. The van der Waals surface area contributed by atoms with Crippen molar-refractivity contribution in [3.05, 3.63) is 64.2 Å². The molecule has 0 bridgehead atoms. The predicted molar refractivity (Wildman–Crippen MR) is 99.4 cm³/mol. The maximum absolute atomic E-state index is 12.0. The van der Waals surface area contributed by atoms with Crippen molar-refractivity contribution >= 4 is 17.6 Å². The molecule has 0 saturated carbocycles. The Morgan fingerprint density at radius 3 is 2.43 bits per heavy atom. The van der Waals surface area contributed by atoms with Gasteiger partial charge >= 0.3 is 11.7 Å². The molecule has 28 heavy (non-hydrogen) atoms. The Bertz CT molecular complexity index is 854. The van der Waals surface area contributed by atoms with Gasteiger partial charge in [0.1, 0.15) is 5.75 Å². The zero-order valence-corrected chi connectivity index (χ0v) is 15.2. The number of carbonyl (C=O) groups is 2. The van der Waals surface area contributed by atoms with Crippen LogP contribution in [0.2, 0.25) is 0 Å². The lowest BCUT2D eigenvalue weighted by Gasteiger charge is -2.15. The SMILES string of the molecule is COc1ccccc1CC(CNC(=O)COc1ccccc1[N+](=O)[O-])C(=O)O. The van der Waals surface area contributed by atoms with E-state index < -0.39 is 29.3 Å². The largest absolute Gasteiger partial charge is 0.496 e. The van der Waals surface area contributed by atoms with Crippen molar-refractivity contribution in [3.63, 3.8) is 0 Å². The first kappa shape index (κ1) is 20.7. The van der Waals surface area contributed by atoms with E-state index in [-0.39, 0.29) is 24.4 Å². The molecule has 1 atom stereocenters. The van der Waals surface area contributed by atoms with E-state index in [0.717, 1.165) is 0 Å². The van der Waals surface area contributed by atoms with Crippen LogP contribution < -0.4 is 14.8 Å². The quantitative estimate of drug-likeness (QED) is 0.471. The van der Waals surface area contributed by atoms with Crippen LogP contribution in [-0.4, -0.2) is 42.2 Å². The highest BCUT2D eigenvalue weighted by Crippen LogP contribution is 2.25. The number of benzene rings is 2. The number of nitrogens with one attached hydrogen (secondary N) is 1. The fraction of sp³-hybridized carbons (Fsp3) is 0.263. The summed E-state index contributed by atoms with van der Waals surface area (Å²) < 4.78 is 10.4. The molecule has 0 radical (unpaired) electrons. The maximum atomic E-state index is 12.0. The highest BCUT2D eigenvalue weighted by molar-refractivity contribution is 5.79. The van der Waals surface area contributed by atoms with E-state index in [2.05, 4.69) is 5.32 Å². The molecule has 0 aliphatic heterocycles. The number of amides is 1. The number of rotatable bonds is 10. The zero-order valence-electron chi connectivity index (χ0n) is 15.2. The smallest absolute Gasteiger partial charge is 0.310 e. The van der Waals surface area contributed by atoms with E-state index in [0.29, 0.717) is 11.3 Å². The minimum atomic E-state index is -1.06. The summed E-state index contributed by atoms with van der Waals surface area (Å²) in [5, 5.41) is 22.8. The van der Waals surface area contributed by atoms with Crippen molar-refractivity contribution in [2.75, 3.05) is 20.3 Å². The van der Waals surface area contributed by atoms with Gasteiger partial charge < -0.3 is 19.9 Å². The standard InChI is InChI=1S/C19H20N2O7/c1-27-16-8-4-2-6-13(16)10-14(19(23)24)11-20-18(22)12-28-17-9-5-3-7-15(17)21(25)26/h2-9,14H,10-12H2,1H3,(H,20,22)(H,23,24). The molecule has 2 N–H and O–H groups in total. The summed E-state index contributed by atoms with van der Waals surface area (Å²) in [5.74, 6) is -1.98. The van der Waals surface area contributed by atoms with Crippen LogP contribution in [0.15, 0.2) is 48.5 Å². The normalized spacial score (nSPS) is 11.3. The van der Waals surface area contributed by atoms with Gasteiger partial charge in [-0.2, -0.15) is 0 Å². The Morgan fingerprint density at radius 1 is 1.14 bits per heavy atom. The third-order valence-electron chi connectivity index (χ3n) is 3.97. The summed E-state index contributed by atoms with van der Waals surface area (Å²) in [7, 11) is 1.50. The third-order valence-corrected chi connectivity index (χ3v) is 3.97. The summed E-state index contributed by atoms with van der Waals surface area (Å²) >= 11 is 0. The molecule has 148 valence electrons. The van der Waals surface area contributed by atoms with Crippen LogP contribution in [0, 0.1) is 16.0 Å². The van der Waals surface area contributed by atoms with Crippen molar-refractivity contribution < 1.29 is 29.1 Å². The van der Waals surface area contributed by atoms with Gasteiger partial charge in [0.25, 0.3) is 5.91 Å². The van der Waals surface area contributed by atoms with Gasteiger partial charge in [-0.1, -0.05) is 30.3 Å². The molecule has 0 saturated heterocycles. The lowest BCUT2D eigenvalue weighted by Crippen LogP contribution is -2.36.